The Kier molecular flexibility index (Phi) is 10.9. The van der Waals surface area contributed by atoms with E-state index in [-0.39, 0.29) is 6.85 Å². The molecule has 0 saturated heterocycles. The highest BCUT2D eigenvalue weighted by molar-refractivity contribution is 6.94. The van der Waals surface area contributed by atoms with E-state index >= 15 is 0 Å². The summed E-state index contributed by atoms with van der Waals surface area (Å²) in [5, 5.41) is 2.23. The molecule has 0 bridgehead atoms. The molecule has 11 aromatic rings. The van der Waals surface area contributed by atoms with E-state index in [2.05, 4.69) is 260 Å². The molecule has 0 fully saturated rings. The van der Waals surface area contributed by atoms with Gasteiger partial charge in [-0.05, 0) is 149 Å². The van der Waals surface area contributed by atoms with E-state index in [0.717, 1.165) is 79.4 Å². The van der Waals surface area contributed by atoms with Crippen molar-refractivity contribution in [2.24, 2.45) is 0 Å². The third-order valence-electron chi connectivity index (χ3n) is 15.1. The van der Waals surface area contributed by atoms with Gasteiger partial charge in [-0.3, -0.25) is 0 Å². The van der Waals surface area contributed by atoms with Gasteiger partial charge in [0.1, 0.15) is 11.2 Å². The lowest BCUT2D eigenvalue weighted by Crippen LogP contribution is -2.61. The number of aryl methyl sites for hydroxylation is 3. The molecule has 0 unspecified atom stereocenters. The number of para-hydroxylation sites is 2. The predicted octanol–water partition coefficient (Wildman–Crippen LogP) is 17.4. The van der Waals surface area contributed by atoms with Gasteiger partial charge in [0.2, 0.25) is 0 Å². The van der Waals surface area contributed by atoms with Crippen molar-refractivity contribution in [2.75, 3.05) is 14.6 Å². The first kappa shape index (κ1) is 43.5. The number of furan rings is 1. The topological polar surface area (TPSA) is 22.9 Å². The van der Waals surface area contributed by atoms with Crippen LogP contribution in [0.3, 0.4) is 0 Å². The molecule has 0 saturated carbocycles. The summed E-state index contributed by atoms with van der Waals surface area (Å²) >= 11 is 0. The van der Waals surface area contributed by atoms with Crippen LogP contribution in [0.5, 0.6) is 0 Å². The van der Waals surface area contributed by atoms with Crippen molar-refractivity contribution in [2.45, 2.75) is 46.5 Å². The lowest BCUT2D eigenvalue weighted by atomic mass is 9.43. The molecule has 13 rings (SSSR count). The Morgan fingerprint density at radius 1 is 0.486 bits per heavy atom. The van der Waals surface area contributed by atoms with Gasteiger partial charge in [0.05, 0.1) is 11.1 Å². The second-order valence-corrected chi connectivity index (χ2v) is 19.6. The van der Waals surface area contributed by atoms with Crippen molar-refractivity contribution < 1.29 is 4.42 Å². The van der Waals surface area contributed by atoms with E-state index < -0.39 is 0 Å². The number of unbranched alkanes of at least 4 members (excludes halogenated alkanes) is 2. The number of hydrogen-bond acceptors (Lipinski definition) is 4. The van der Waals surface area contributed by atoms with E-state index in [1.807, 2.05) is 0 Å². The summed E-state index contributed by atoms with van der Waals surface area (Å²) in [5.74, 6) is 0. The Morgan fingerprint density at radius 2 is 1.12 bits per heavy atom. The Hall–Kier alpha value is -8.54. The van der Waals surface area contributed by atoms with Crippen LogP contribution in [0, 0.1) is 13.8 Å². The third-order valence-corrected chi connectivity index (χ3v) is 15.1. The van der Waals surface area contributed by atoms with E-state index in [4.69, 9.17) is 4.42 Å². The Balaban J connectivity index is 1.12. The van der Waals surface area contributed by atoms with Crippen LogP contribution < -0.4 is 25.5 Å². The van der Waals surface area contributed by atoms with Crippen molar-refractivity contribution in [3.63, 3.8) is 0 Å². The SMILES string of the molecule is CCCCCc1ccc(N(c2ccc(C)cc2)c2ccc3c(c2)N(c2ccc(-c4ccccc4)cc2)B2c4cc(-c5ccccc5)ccc4N(c4ccccc4C)c4c2c-3cc2oc3ccccc3c42)cc1. The summed E-state index contributed by atoms with van der Waals surface area (Å²) in [4.78, 5) is 7.61. The van der Waals surface area contributed by atoms with Gasteiger partial charge in [-0.1, -0.05) is 177 Å². The Labute approximate surface area is 423 Å². The van der Waals surface area contributed by atoms with Crippen LogP contribution in [0.4, 0.5) is 45.5 Å². The van der Waals surface area contributed by atoms with E-state index in [0.29, 0.717) is 0 Å². The van der Waals surface area contributed by atoms with Crippen molar-refractivity contribution >= 4 is 85.2 Å². The Morgan fingerprint density at radius 3 is 1.86 bits per heavy atom. The molecule has 0 N–H and O–H groups in total. The molecule has 72 heavy (non-hydrogen) atoms. The van der Waals surface area contributed by atoms with Gasteiger partial charge in [0.15, 0.2) is 0 Å². The lowest BCUT2D eigenvalue weighted by molar-refractivity contribution is 0.669. The van der Waals surface area contributed by atoms with Gasteiger partial charge in [-0.2, -0.15) is 0 Å². The van der Waals surface area contributed by atoms with Crippen LogP contribution in [-0.4, -0.2) is 6.85 Å². The maximum absolute atomic E-state index is 6.96. The molecule has 4 nitrogen and oxygen atoms in total. The van der Waals surface area contributed by atoms with Crippen LogP contribution in [-0.2, 0) is 6.42 Å². The normalized spacial score (nSPS) is 12.5. The van der Waals surface area contributed by atoms with E-state index in [1.165, 1.54) is 74.7 Å². The van der Waals surface area contributed by atoms with Crippen LogP contribution in [0.2, 0.25) is 0 Å². The molecule has 1 aromatic heterocycles. The highest BCUT2D eigenvalue weighted by Gasteiger charge is 2.47. The van der Waals surface area contributed by atoms with Crippen LogP contribution >= 0.6 is 0 Å². The number of rotatable bonds is 11. The molecule has 0 aliphatic carbocycles. The summed E-state index contributed by atoms with van der Waals surface area (Å²) in [6.45, 7) is 6.44. The van der Waals surface area contributed by atoms with E-state index in [9.17, 15) is 0 Å². The highest BCUT2D eigenvalue weighted by atomic mass is 16.3. The van der Waals surface area contributed by atoms with Gasteiger partial charge >= 0.3 is 6.85 Å². The lowest BCUT2D eigenvalue weighted by Gasteiger charge is -2.46. The molecule has 5 heteroatoms. The number of anilines is 8. The fourth-order valence-electron chi connectivity index (χ4n) is 11.5. The maximum Gasteiger partial charge on any atom is 0.333 e. The zero-order chi connectivity index (χ0) is 48.3. The standard InChI is InChI=1S/C67H54BN3O/c1-4-5-8-18-47-28-35-53(36-29-47)69(52-33-26-45(2)27-34-52)55-39-40-56-58-44-64-65(57-23-14-16-25-63(57)72-64)67-66(58)68(71(62(56)43-55)54-37-30-50(31-38-54)48-19-9-6-10-20-48)59-42-51(49-21-11-7-12-22-49)32-41-61(59)70(67)60-24-15-13-17-46(60)3/h6-7,9-17,19-44H,4-5,8,18H2,1-3H3. The van der Waals surface area contributed by atoms with E-state index in [1.54, 1.807) is 0 Å². The average Bonchev–Trinajstić information content (AvgIpc) is 3.82. The average molecular weight is 928 g/mol. The van der Waals surface area contributed by atoms with Crippen molar-refractivity contribution in [3.8, 4) is 33.4 Å². The molecule has 0 radical (unpaired) electrons. The molecule has 346 valence electrons. The second kappa shape index (κ2) is 18.0. The summed E-state index contributed by atoms with van der Waals surface area (Å²) in [6, 6.07) is 83.0. The molecular weight excluding hydrogens is 874 g/mol. The summed E-state index contributed by atoms with van der Waals surface area (Å²) in [6.07, 6.45) is 4.75. The minimum Gasteiger partial charge on any atom is -0.456 e. The van der Waals surface area contributed by atoms with Gasteiger partial charge in [0.25, 0.3) is 0 Å². The van der Waals surface area contributed by atoms with Crippen LogP contribution in [0.15, 0.2) is 229 Å². The molecule has 3 heterocycles. The molecular formula is C67H54BN3O. The first-order valence-electron chi connectivity index (χ1n) is 25.6. The quantitative estimate of drug-likeness (QED) is 0.0952. The van der Waals surface area contributed by atoms with Gasteiger partial charge in [-0.25, -0.2) is 0 Å². The third kappa shape index (κ3) is 7.38. The molecule has 2 aliphatic heterocycles. The first-order valence-corrected chi connectivity index (χ1v) is 25.6. The zero-order valence-corrected chi connectivity index (χ0v) is 41.0. The van der Waals surface area contributed by atoms with Gasteiger partial charge in [-0.15, -0.1) is 0 Å². The van der Waals surface area contributed by atoms with Crippen molar-refractivity contribution in [3.05, 3.63) is 241 Å². The minimum absolute atomic E-state index is 0.229. The van der Waals surface area contributed by atoms with Gasteiger partial charge < -0.3 is 19.0 Å². The van der Waals surface area contributed by atoms with Crippen LogP contribution in [0.1, 0.15) is 42.9 Å². The van der Waals surface area contributed by atoms with Crippen LogP contribution in [0.25, 0.3) is 55.3 Å². The number of benzene rings is 10. The number of hydrogen-bond donors (Lipinski definition) is 0. The monoisotopic (exact) mass is 927 g/mol. The molecule has 2 aliphatic rings. The van der Waals surface area contributed by atoms with Crippen molar-refractivity contribution in [1.82, 2.24) is 0 Å². The van der Waals surface area contributed by atoms with Gasteiger partial charge in [0, 0.05) is 50.8 Å². The smallest absolute Gasteiger partial charge is 0.333 e. The maximum atomic E-state index is 6.96. The largest absolute Gasteiger partial charge is 0.456 e. The Bertz CT molecular complexity index is 3790. The van der Waals surface area contributed by atoms with Crippen molar-refractivity contribution in [1.29, 1.82) is 0 Å². The summed E-state index contributed by atoms with van der Waals surface area (Å²) in [5.41, 5.74) is 24.2. The number of nitrogens with zero attached hydrogens (tertiary/aromatic N) is 3. The summed E-state index contributed by atoms with van der Waals surface area (Å²) < 4.78 is 6.96. The second-order valence-electron chi connectivity index (χ2n) is 19.6. The predicted molar refractivity (Wildman–Crippen MR) is 306 cm³/mol. The first-order chi connectivity index (χ1) is 35.5. The number of fused-ring (bicyclic) bond motifs is 8. The molecule has 0 spiro atoms. The zero-order valence-electron chi connectivity index (χ0n) is 41.0. The highest BCUT2D eigenvalue weighted by Crippen LogP contribution is 2.53. The molecule has 0 atom stereocenters. The fourth-order valence-corrected chi connectivity index (χ4v) is 11.5. The molecule has 0 amide bonds. The minimum atomic E-state index is -0.229. The molecule has 10 aromatic carbocycles. The summed E-state index contributed by atoms with van der Waals surface area (Å²) in [7, 11) is 0. The fraction of sp³-hybridized carbons (Fsp3) is 0.104.